The molecule has 0 radical (unpaired) electrons. The molecule has 2 aromatic rings. The maximum atomic E-state index is 13.5. The number of aromatic nitrogens is 2. The fourth-order valence-corrected chi connectivity index (χ4v) is 5.07. The van der Waals surface area contributed by atoms with Crippen LogP contribution in [0.2, 0.25) is 0 Å². The molecule has 2 unspecified atom stereocenters. The standard InChI is InChI=1S/C33H39F3N8O3/c1-8-28(47-22(4)18-42(5)6)37-16-21(3)39-31-38-17-24-19-44(32(46)43(7)29(24)41-31)27-15-26(13-12-20(27)2)40-30(45)23-10-9-11-25(14-23)33(34,35)36/h8-13,15-17,22,25H,3,14,18-19H2,1-2,4-7H3,(H,40,45)(H,38,39,41)/b28-8+,37-16-. The highest BCUT2D eigenvalue weighted by Crippen LogP contribution is 2.36. The van der Waals surface area contributed by atoms with Crippen LogP contribution in [0.15, 0.2) is 77.4 Å². The van der Waals surface area contributed by atoms with Crippen molar-refractivity contribution in [1.29, 1.82) is 0 Å². The number of halogens is 3. The average molecular weight is 653 g/mol. The van der Waals surface area contributed by atoms with Crippen molar-refractivity contribution in [2.24, 2.45) is 10.9 Å². The van der Waals surface area contributed by atoms with E-state index in [0.717, 1.165) is 18.2 Å². The monoisotopic (exact) mass is 652 g/mol. The van der Waals surface area contributed by atoms with Gasteiger partial charge in [-0.05, 0) is 65.1 Å². The number of hydrogen-bond acceptors (Lipinski definition) is 8. The summed E-state index contributed by atoms with van der Waals surface area (Å²) in [4.78, 5) is 44.6. The number of nitrogens with one attached hydrogen (secondary N) is 2. The second-order valence-electron chi connectivity index (χ2n) is 11.6. The van der Waals surface area contributed by atoms with Crippen molar-refractivity contribution in [3.63, 3.8) is 0 Å². The molecule has 0 saturated carbocycles. The van der Waals surface area contributed by atoms with Crippen molar-refractivity contribution in [2.75, 3.05) is 48.1 Å². The van der Waals surface area contributed by atoms with E-state index < -0.39 is 24.4 Å². The number of alkyl halides is 3. The van der Waals surface area contributed by atoms with Gasteiger partial charge in [0.25, 0.3) is 5.91 Å². The molecule has 3 amide bonds. The van der Waals surface area contributed by atoms with Crippen molar-refractivity contribution >= 4 is 41.3 Å². The predicted octanol–water partition coefficient (Wildman–Crippen LogP) is 6.19. The van der Waals surface area contributed by atoms with Crippen LogP contribution in [0.1, 0.15) is 31.4 Å². The largest absolute Gasteiger partial charge is 0.474 e. The first kappa shape index (κ1) is 34.9. The molecule has 14 heteroatoms. The number of urea groups is 1. The average Bonchev–Trinajstić information content (AvgIpc) is 3.01. The first-order valence-corrected chi connectivity index (χ1v) is 14.9. The fourth-order valence-electron chi connectivity index (χ4n) is 5.07. The summed E-state index contributed by atoms with van der Waals surface area (Å²) in [6.45, 7) is 10.4. The van der Waals surface area contributed by atoms with E-state index in [1.165, 1.54) is 28.2 Å². The highest BCUT2D eigenvalue weighted by Gasteiger charge is 2.39. The van der Waals surface area contributed by atoms with Crippen molar-refractivity contribution in [1.82, 2.24) is 14.9 Å². The van der Waals surface area contributed by atoms with Gasteiger partial charge >= 0.3 is 12.2 Å². The van der Waals surface area contributed by atoms with Gasteiger partial charge in [0.1, 0.15) is 11.9 Å². The summed E-state index contributed by atoms with van der Waals surface area (Å²) in [5, 5.41) is 5.66. The molecule has 0 fully saturated rings. The molecule has 4 rings (SSSR count). The number of likely N-dealkylation sites (N-methyl/N-ethyl adjacent to an activating group) is 1. The second-order valence-corrected chi connectivity index (χ2v) is 11.6. The third-order valence-electron chi connectivity index (χ3n) is 7.37. The molecule has 0 saturated heterocycles. The van der Waals surface area contributed by atoms with Gasteiger partial charge in [-0.25, -0.2) is 14.8 Å². The molecule has 47 heavy (non-hydrogen) atoms. The third-order valence-corrected chi connectivity index (χ3v) is 7.37. The number of carbonyl (C=O) groups is 2. The number of aliphatic imine (C=N–C) groups is 1. The van der Waals surface area contributed by atoms with E-state index in [1.54, 1.807) is 37.5 Å². The Bertz CT molecular complexity index is 1650. The molecule has 2 N–H and O–H groups in total. The molecule has 1 aliphatic carbocycles. The van der Waals surface area contributed by atoms with Crippen LogP contribution in [-0.2, 0) is 16.1 Å². The zero-order chi connectivity index (χ0) is 34.5. The Kier molecular flexibility index (Phi) is 10.9. The van der Waals surface area contributed by atoms with Crippen molar-refractivity contribution in [3.8, 4) is 0 Å². The number of anilines is 4. The number of carbonyl (C=O) groups excluding carboxylic acids is 2. The summed E-state index contributed by atoms with van der Waals surface area (Å²) >= 11 is 0. The third kappa shape index (κ3) is 8.85. The number of hydrogen-bond donors (Lipinski definition) is 2. The zero-order valence-electron chi connectivity index (χ0n) is 27.2. The van der Waals surface area contributed by atoms with E-state index in [4.69, 9.17) is 4.74 Å². The van der Waals surface area contributed by atoms with Crippen LogP contribution >= 0.6 is 0 Å². The normalized spacial score (nSPS) is 17.5. The number of allylic oxidation sites excluding steroid dienone is 5. The molecular weight excluding hydrogens is 613 g/mol. The van der Waals surface area contributed by atoms with Crippen LogP contribution in [0.5, 0.6) is 0 Å². The maximum absolute atomic E-state index is 13.5. The molecular formula is C33H39F3N8O3. The van der Waals surface area contributed by atoms with Gasteiger partial charge in [-0.2, -0.15) is 18.2 Å². The van der Waals surface area contributed by atoms with Crippen molar-refractivity contribution < 1.29 is 27.5 Å². The van der Waals surface area contributed by atoms with Gasteiger partial charge in [0.2, 0.25) is 11.8 Å². The molecule has 1 aliphatic heterocycles. The summed E-state index contributed by atoms with van der Waals surface area (Å²) in [5.41, 5.74) is 2.70. The minimum atomic E-state index is -4.44. The molecule has 1 aromatic heterocycles. The molecule has 0 bridgehead atoms. The number of aryl methyl sites for hydroxylation is 1. The van der Waals surface area contributed by atoms with Gasteiger partial charge < -0.3 is 20.3 Å². The molecule has 1 aromatic carbocycles. The topological polar surface area (TPSA) is 115 Å². The van der Waals surface area contributed by atoms with Crippen LogP contribution < -0.4 is 20.4 Å². The minimum Gasteiger partial charge on any atom is -0.474 e. The first-order chi connectivity index (χ1) is 22.2. The van der Waals surface area contributed by atoms with Crippen LogP contribution in [0.4, 0.5) is 41.1 Å². The van der Waals surface area contributed by atoms with Crippen molar-refractivity contribution in [3.05, 3.63) is 83.6 Å². The highest BCUT2D eigenvalue weighted by atomic mass is 19.4. The van der Waals surface area contributed by atoms with Gasteiger partial charge in [-0.3, -0.25) is 14.6 Å². The lowest BCUT2D eigenvalue weighted by molar-refractivity contribution is -0.161. The fraction of sp³-hybridized carbons (Fsp3) is 0.364. The Balaban J connectivity index is 1.45. The minimum absolute atomic E-state index is 0.0142. The Morgan fingerprint density at radius 1 is 1.30 bits per heavy atom. The van der Waals surface area contributed by atoms with Crippen LogP contribution in [0.3, 0.4) is 0 Å². The van der Waals surface area contributed by atoms with Crippen LogP contribution in [0, 0.1) is 12.8 Å². The van der Waals surface area contributed by atoms with E-state index in [-0.39, 0.29) is 30.2 Å². The molecule has 2 heterocycles. The lowest BCUT2D eigenvalue weighted by atomic mass is 9.93. The number of rotatable bonds is 11. The lowest BCUT2D eigenvalue weighted by Crippen LogP contribution is -2.46. The molecule has 11 nitrogen and oxygen atoms in total. The quantitative estimate of drug-likeness (QED) is 0.220. The van der Waals surface area contributed by atoms with E-state index in [2.05, 4.69) is 32.2 Å². The molecule has 2 aliphatic rings. The summed E-state index contributed by atoms with van der Waals surface area (Å²) in [6.07, 6.45) is 3.56. The molecule has 0 spiro atoms. The smallest absolute Gasteiger partial charge is 0.395 e. The summed E-state index contributed by atoms with van der Waals surface area (Å²) < 4.78 is 45.5. The SMILES string of the molecule is C=C(/C=N\C(=C/C)OC(C)CN(C)C)Nc1ncc2c(n1)N(C)C(=O)N(c1cc(NC(=O)C3=CC=CC(C(F)(F)F)C3)ccc1C)C2. The van der Waals surface area contributed by atoms with E-state index in [0.29, 0.717) is 34.3 Å². The van der Waals surface area contributed by atoms with E-state index in [9.17, 15) is 22.8 Å². The zero-order valence-corrected chi connectivity index (χ0v) is 27.2. The number of benzene rings is 1. The van der Waals surface area contributed by atoms with Gasteiger partial charge in [0.05, 0.1) is 30.1 Å². The first-order valence-electron chi connectivity index (χ1n) is 14.9. The lowest BCUT2D eigenvalue weighted by Gasteiger charge is -2.35. The molecule has 2 atom stereocenters. The highest BCUT2D eigenvalue weighted by molar-refractivity contribution is 6.07. The van der Waals surface area contributed by atoms with Crippen LogP contribution in [-0.4, -0.2) is 73.0 Å². The van der Waals surface area contributed by atoms with Gasteiger partial charge in [-0.15, -0.1) is 0 Å². The van der Waals surface area contributed by atoms with E-state index >= 15 is 0 Å². The summed E-state index contributed by atoms with van der Waals surface area (Å²) in [7, 11) is 5.51. The number of amides is 3. The number of ether oxygens (including phenoxy) is 1. The number of nitrogens with zero attached hydrogens (tertiary/aromatic N) is 6. The van der Waals surface area contributed by atoms with Crippen molar-refractivity contribution in [2.45, 2.75) is 46.0 Å². The van der Waals surface area contributed by atoms with Gasteiger partial charge in [-0.1, -0.05) is 30.9 Å². The predicted molar refractivity (Wildman–Crippen MR) is 177 cm³/mol. The van der Waals surface area contributed by atoms with Gasteiger partial charge in [0.15, 0.2) is 0 Å². The summed E-state index contributed by atoms with van der Waals surface area (Å²) in [5.74, 6) is -1.30. The number of fused-ring (bicyclic) bond motifs is 1. The van der Waals surface area contributed by atoms with E-state index in [1.807, 2.05) is 39.8 Å². The van der Waals surface area contributed by atoms with Gasteiger partial charge in [0, 0.05) is 36.6 Å². The maximum Gasteiger partial charge on any atom is 0.395 e. The Morgan fingerprint density at radius 2 is 2.04 bits per heavy atom. The Morgan fingerprint density at radius 3 is 2.72 bits per heavy atom. The molecule has 250 valence electrons. The second kappa shape index (κ2) is 14.6. The Hall–Kier alpha value is -4.98. The summed E-state index contributed by atoms with van der Waals surface area (Å²) in [6, 6.07) is 4.61. The Labute approximate surface area is 272 Å². The van der Waals surface area contributed by atoms with Crippen LogP contribution in [0.25, 0.3) is 0 Å².